The van der Waals surface area contributed by atoms with E-state index in [0.29, 0.717) is 40.6 Å². The first kappa shape index (κ1) is 31.3. The van der Waals surface area contributed by atoms with Crippen LogP contribution in [0.2, 0.25) is 5.02 Å². The molecule has 1 aromatic heterocycles. The molecular formula is C32H34ClFN4O6S. The van der Waals surface area contributed by atoms with Gasteiger partial charge in [0.1, 0.15) is 11.6 Å². The number of benzene rings is 3. The summed E-state index contributed by atoms with van der Waals surface area (Å²) in [6.45, 7) is 4.31. The lowest BCUT2D eigenvalue weighted by Gasteiger charge is -2.32. The van der Waals surface area contributed by atoms with E-state index in [9.17, 15) is 22.7 Å². The maximum atomic E-state index is 14.8. The number of carboxylic acids is 1. The number of sulfonamides is 1. The molecule has 1 fully saturated rings. The number of imidazole rings is 1. The normalized spacial score (nSPS) is 19.1. The standard InChI is InChI=1S/C32H34ClFN4O6S/c1-32(24-9-8-22(33)18-25(24)34)43-28-6-4-5-23(30(28)44-32)20-11-13-37(14-12-20)19-29-35-26-10-7-21(31(39)40)17-27(26)38(29)16-15-36(2)45(3,41)42/h4-10,17-18,20H,11-16,19H2,1-3H3,(H,39,40). The number of rotatable bonds is 9. The van der Waals surface area contributed by atoms with Gasteiger partial charge in [0.2, 0.25) is 10.0 Å². The predicted molar refractivity (Wildman–Crippen MR) is 168 cm³/mol. The second-order valence-corrected chi connectivity index (χ2v) is 14.3. The molecule has 0 bridgehead atoms. The van der Waals surface area contributed by atoms with Crippen LogP contribution in [0.25, 0.3) is 11.0 Å². The van der Waals surface area contributed by atoms with Crippen molar-refractivity contribution in [3.05, 3.63) is 88.0 Å². The van der Waals surface area contributed by atoms with Gasteiger partial charge in [-0.05, 0) is 74.3 Å². The lowest BCUT2D eigenvalue weighted by Crippen LogP contribution is -2.34. The molecule has 2 aliphatic rings. The first-order chi connectivity index (χ1) is 21.3. The third-order valence-electron chi connectivity index (χ3n) is 8.70. The molecule has 4 aromatic rings. The number of aromatic carboxylic acids is 1. The number of carbonyl (C=O) groups is 1. The fourth-order valence-electron chi connectivity index (χ4n) is 6.12. The van der Waals surface area contributed by atoms with Crippen LogP contribution in [0.5, 0.6) is 11.5 Å². The van der Waals surface area contributed by atoms with Gasteiger partial charge in [0.25, 0.3) is 5.79 Å². The number of nitrogens with zero attached hydrogens (tertiary/aromatic N) is 4. The van der Waals surface area contributed by atoms with Gasteiger partial charge < -0.3 is 19.1 Å². The van der Waals surface area contributed by atoms with Crippen molar-refractivity contribution in [1.29, 1.82) is 0 Å². The average Bonchev–Trinajstić information content (AvgIpc) is 3.51. The molecule has 0 saturated carbocycles. The maximum Gasteiger partial charge on any atom is 0.335 e. The van der Waals surface area contributed by atoms with Crippen LogP contribution in [-0.2, 0) is 28.9 Å². The molecule has 1 unspecified atom stereocenters. The summed E-state index contributed by atoms with van der Waals surface area (Å²) < 4.78 is 54.6. The Hall–Kier alpha value is -3.71. The number of aromatic nitrogens is 2. The Bertz CT molecular complexity index is 1890. The third-order valence-corrected chi connectivity index (χ3v) is 10.3. The van der Waals surface area contributed by atoms with Crippen molar-refractivity contribution < 1.29 is 32.2 Å². The summed E-state index contributed by atoms with van der Waals surface area (Å²) >= 11 is 5.96. The van der Waals surface area contributed by atoms with E-state index in [1.54, 1.807) is 31.2 Å². The number of fused-ring (bicyclic) bond motifs is 2. The Kier molecular flexibility index (Phi) is 8.27. The average molecular weight is 657 g/mol. The van der Waals surface area contributed by atoms with Gasteiger partial charge in [-0.3, -0.25) is 4.90 Å². The molecule has 2 aliphatic heterocycles. The molecular weight excluding hydrogens is 623 g/mol. The highest BCUT2D eigenvalue weighted by Gasteiger charge is 2.43. The lowest BCUT2D eigenvalue weighted by molar-refractivity contribution is -0.0712. The Labute approximate surface area is 266 Å². The van der Waals surface area contributed by atoms with Gasteiger partial charge in [0.05, 0.1) is 35.0 Å². The van der Waals surface area contributed by atoms with Gasteiger partial charge in [-0.2, -0.15) is 0 Å². The molecule has 0 amide bonds. The predicted octanol–water partition coefficient (Wildman–Crippen LogP) is 5.44. The summed E-state index contributed by atoms with van der Waals surface area (Å²) in [5.74, 6) is -0.733. The zero-order valence-electron chi connectivity index (χ0n) is 25.2. The van der Waals surface area contributed by atoms with Crippen LogP contribution in [0.4, 0.5) is 4.39 Å². The van der Waals surface area contributed by atoms with Crippen LogP contribution >= 0.6 is 11.6 Å². The number of halogens is 2. The molecule has 6 rings (SSSR count). The molecule has 1 atom stereocenters. The minimum atomic E-state index is -3.38. The van der Waals surface area contributed by atoms with Crippen LogP contribution in [0.3, 0.4) is 0 Å². The molecule has 1 N–H and O–H groups in total. The molecule has 238 valence electrons. The minimum Gasteiger partial charge on any atom is -0.478 e. The Morgan fingerprint density at radius 2 is 1.91 bits per heavy atom. The van der Waals surface area contributed by atoms with E-state index in [-0.39, 0.29) is 23.6 Å². The second kappa shape index (κ2) is 11.9. The quantitative estimate of drug-likeness (QED) is 0.253. The van der Waals surface area contributed by atoms with Crippen molar-refractivity contribution in [2.24, 2.45) is 0 Å². The number of likely N-dealkylation sites (tertiary alicyclic amines) is 1. The van der Waals surface area contributed by atoms with E-state index < -0.39 is 27.6 Å². The van der Waals surface area contributed by atoms with Crippen LogP contribution in [0.1, 0.15) is 53.0 Å². The molecule has 0 aliphatic carbocycles. The Morgan fingerprint density at radius 1 is 1.16 bits per heavy atom. The van der Waals surface area contributed by atoms with Crippen LogP contribution in [0, 0.1) is 5.82 Å². The van der Waals surface area contributed by atoms with E-state index in [2.05, 4.69) is 4.90 Å². The van der Waals surface area contributed by atoms with Crippen molar-refractivity contribution in [3.63, 3.8) is 0 Å². The van der Waals surface area contributed by atoms with Crippen LogP contribution in [-0.4, -0.2) is 71.2 Å². The molecule has 3 aromatic carbocycles. The summed E-state index contributed by atoms with van der Waals surface area (Å²) in [5, 5.41) is 9.85. The summed E-state index contributed by atoms with van der Waals surface area (Å²) in [5.41, 5.74) is 2.74. The molecule has 0 radical (unpaired) electrons. The number of piperidine rings is 1. The van der Waals surface area contributed by atoms with Crippen LogP contribution < -0.4 is 9.47 Å². The monoisotopic (exact) mass is 656 g/mol. The second-order valence-electron chi connectivity index (χ2n) is 11.8. The fourth-order valence-corrected chi connectivity index (χ4v) is 6.69. The highest BCUT2D eigenvalue weighted by molar-refractivity contribution is 7.88. The van der Waals surface area contributed by atoms with Gasteiger partial charge in [0, 0.05) is 37.6 Å². The van der Waals surface area contributed by atoms with E-state index in [0.717, 1.165) is 43.6 Å². The highest BCUT2D eigenvalue weighted by Crippen LogP contribution is 2.49. The van der Waals surface area contributed by atoms with E-state index >= 15 is 0 Å². The number of hydrogen-bond acceptors (Lipinski definition) is 7. The highest BCUT2D eigenvalue weighted by atomic mass is 35.5. The number of hydrogen-bond donors (Lipinski definition) is 1. The number of ether oxygens (including phenoxy) is 2. The summed E-state index contributed by atoms with van der Waals surface area (Å²) in [7, 11) is -1.86. The van der Waals surface area contributed by atoms with E-state index in [1.165, 1.54) is 23.5 Å². The summed E-state index contributed by atoms with van der Waals surface area (Å²) in [6.07, 6.45) is 2.83. The van der Waals surface area contributed by atoms with Gasteiger partial charge in [-0.1, -0.05) is 23.7 Å². The Morgan fingerprint density at radius 3 is 2.60 bits per heavy atom. The molecule has 1 saturated heterocycles. The smallest absolute Gasteiger partial charge is 0.335 e. The number of carboxylic acid groups (broad SMARTS) is 1. The SMILES string of the molecule is CN(CCn1c(CN2CCC(c3cccc4c3OC(C)(c3ccc(Cl)cc3F)O4)CC2)nc2ccc(C(=O)O)cc21)S(C)(=O)=O. The number of para-hydroxylation sites is 1. The zero-order valence-corrected chi connectivity index (χ0v) is 26.7. The first-order valence-electron chi connectivity index (χ1n) is 14.6. The zero-order chi connectivity index (χ0) is 32.1. The largest absolute Gasteiger partial charge is 0.478 e. The van der Waals surface area contributed by atoms with E-state index in [4.69, 9.17) is 26.1 Å². The van der Waals surface area contributed by atoms with Crippen LogP contribution in [0.15, 0.2) is 54.6 Å². The van der Waals surface area contributed by atoms with Gasteiger partial charge in [-0.15, -0.1) is 0 Å². The van der Waals surface area contributed by atoms with Crippen molar-refractivity contribution in [2.45, 2.75) is 44.6 Å². The minimum absolute atomic E-state index is 0.143. The van der Waals surface area contributed by atoms with Crippen molar-refractivity contribution >= 4 is 38.6 Å². The van der Waals surface area contributed by atoms with Crippen molar-refractivity contribution in [2.75, 3.05) is 32.9 Å². The topological polar surface area (TPSA) is 114 Å². The van der Waals surface area contributed by atoms with Gasteiger partial charge >= 0.3 is 5.97 Å². The summed E-state index contributed by atoms with van der Waals surface area (Å²) in [4.78, 5) is 18.8. The van der Waals surface area contributed by atoms with Crippen molar-refractivity contribution in [3.8, 4) is 11.5 Å². The molecule has 13 heteroatoms. The first-order valence-corrected chi connectivity index (χ1v) is 16.9. The number of likely N-dealkylation sites (N-methyl/N-ethyl adjacent to an activating group) is 1. The Balaban J connectivity index is 1.19. The van der Waals surface area contributed by atoms with E-state index in [1.807, 2.05) is 22.8 Å². The summed E-state index contributed by atoms with van der Waals surface area (Å²) in [6, 6.07) is 15.0. The maximum absolute atomic E-state index is 14.8. The van der Waals surface area contributed by atoms with Gasteiger partial charge in [-0.25, -0.2) is 26.9 Å². The molecule has 45 heavy (non-hydrogen) atoms. The molecule has 10 nitrogen and oxygen atoms in total. The van der Waals surface area contributed by atoms with Crippen molar-refractivity contribution in [1.82, 2.24) is 18.8 Å². The lowest BCUT2D eigenvalue weighted by atomic mass is 9.88. The molecule has 3 heterocycles. The fraction of sp³-hybridized carbons (Fsp3) is 0.375. The molecule has 0 spiro atoms. The van der Waals surface area contributed by atoms with Gasteiger partial charge in [0.15, 0.2) is 11.5 Å². The third kappa shape index (κ3) is 6.24.